The summed E-state index contributed by atoms with van der Waals surface area (Å²) in [4.78, 5) is 11.4. The molecule has 2 aromatic carbocycles. The Morgan fingerprint density at radius 2 is 1.67 bits per heavy atom. The third-order valence-electron chi connectivity index (χ3n) is 3.43. The second kappa shape index (κ2) is 9.62. The number of para-hydroxylation sites is 2. The van der Waals surface area contributed by atoms with Crippen LogP contribution in [-0.2, 0) is 14.8 Å². The van der Waals surface area contributed by atoms with E-state index < -0.39 is 16.0 Å². The second-order valence-electron chi connectivity index (χ2n) is 5.13. The van der Waals surface area contributed by atoms with Gasteiger partial charge in [0.25, 0.3) is 0 Å². The molecule has 142 valence electrons. The number of sulfonamides is 1. The second-order valence-corrected chi connectivity index (χ2v) is 6.90. The van der Waals surface area contributed by atoms with E-state index in [1.807, 2.05) is 12.1 Å². The Bertz CT molecular complexity index is 942. The fraction of sp³-hybridized carbons (Fsp3) is 0.211. The molecule has 0 unspecified atom stereocenters. The third kappa shape index (κ3) is 5.74. The average Bonchev–Trinajstić information content (AvgIpc) is 2.70. The Balaban J connectivity index is 1.87. The number of benzene rings is 2. The van der Waals surface area contributed by atoms with E-state index in [9.17, 15) is 13.2 Å². The van der Waals surface area contributed by atoms with Crippen molar-refractivity contribution in [3.05, 3.63) is 54.1 Å². The van der Waals surface area contributed by atoms with Gasteiger partial charge in [-0.3, -0.25) is 0 Å². The molecule has 0 fully saturated rings. The third-order valence-corrected chi connectivity index (χ3v) is 4.85. The summed E-state index contributed by atoms with van der Waals surface area (Å²) >= 11 is 0. The maximum Gasteiger partial charge on any atom is 0.337 e. The van der Waals surface area contributed by atoms with Crippen LogP contribution in [0.1, 0.15) is 10.4 Å². The van der Waals surface area contributed by atoms with E-state index in [0.29, 0.717) is 11.5 Å². The molecule has 2 aromatic rings. The van der Waals surface area contributed by atoms with Crippen LogP contribution >= 0.6 is 0 Å². The highest BCUT2D eigenvalue weighted by atomic mass is 32.2. The number of carbonyl (C=O) groups excluding carboxylic acids is 1. The van der Waals surface area contributed by atoms with Crippen molar-refractivity contribution in [2.24, 2.45) is 0 Å². The monoisotopic (exact) mass is 389 g/mol. The lowest BCUT2D eigenvalue weighted by Crippen LogP contribution is -2.24. The number of methoxy groups -OCH3 is 2. The minimum absolute atomic E-state index is 0.0298. The minimum atomic E-state index is -3.72. The molecule has 0 aliphatic rings. The van der Waals surface area contributed by atoms with Crippen molar-refractivity contribution in [3.8, 4) is 23.3 Å². The quantitative estimate of drug-likeness (QED) is 0.574. The normalized spacial score (nSPS) is 10.4. The van der Waals surface area contributed by atoms with Gasteiger partial charge in [-0.15, -0.1) is 0 Å². The molecule has 0 spiro atoms. The van der Waals surface area contributed by atoms with Crippen LogP contribution in [0, 0.1) is 11.8 Å². The molecule has 0 bridgehead atoms. The van der Waals surface area contributed by atoms with Crippen LogP contribution in [0.15, 0.2) is 53.4 Å². The lowest BCUT2D eigenvalue weighted by atomic mass is 10.2. The summed E-state index contributed by atoms with van der Waals surface area (Å²) in [6.07, 6.45) is 0. The zero-order valence-corrected chi connectivity index (χ0v) is 15.7. The van der Waals surface area contributed by atoms with Gasteiger partial charge in [-0.2, -0.15) is 4.72 Å². The van der Waals surface area contributed by atoms with E-state index in [4.69, 9.17) is 9.47 Å². The van der Waals surface area contributed by atoms with Gasteiger partial charge < -0.3 is 14.2 Å². The molecule has 8 heteroatoms. The summed E-state index contributed by atoms with van der Waals surface area (Å²) in [6.45, 7) is 0.0201. The van der Waals surface area contributed by atoms with Crippen LogP contribution in [0.25, 0.3) is 0 Å². The Hall–Kier alpha value is -3.02. The molecule has 0 saturated heterocycles. The summed E-state index contributed by atoms with van der Waals surface area (Å²) in [5, 5.41) is 0. The van der Waals surface area contributed by atoms with Gasteiger partial charge >= 0.3 is 5.97 Å². The molecule has 0 amide bonds. The van der Waals surface area contributed by atoms with Gasteiger partial charge in [0.15, 0.2) is 11.5 Å². The summed E-state index contributed by atoms with van der Waals surface area (Å²) in [5.41, 5.74) is 0.268. The van der Waals surface area contributed by atoms with Gasteiger partial charge in [0.1, 0.15) is 6.61 Å². The zero-order chi connectivity index (χ0) is 19.7. The van der Waals surface area contributed by atoms with Crippen molar-refractivity contribution >= 4 is 16.0 Å². The van der Waals surface area contributed by atoms with Gasteiger partial charge in [0.2, 0.25) is 10.0 Å². The van der Waals surface area contributed by atoms with Crippen LogP contribution in [-0.4, -0.2) is 41.8 Å². The molecule has 7 nitrogen and oxygen atoms in total. The molecule has 0 aliphatic carbocycles. The van der Waals surface area contributed by atoms with Crippen molar-refractivity contribution < 1.29 is 27.4 Å². The molecule has 27 heavy (non-hydrogen) atoms. The van der Waals surface area contributed by atoms with Crippen molar-refractivity contribution in [3.63, 3.8) is 0 Å². The van der Waals surface area contributed by atoms with Crippen LogP contribution in [0.5, 0.6) is 11.5 Å². The van der Waals surface area contributed by atoms with E-state index >= 15 is 0 Å². The first-order valence-corrected chi connectivity index (χ1v) is 9.36. The minimum Gasteiger partial charge on any atom is -0.493 e. The van der Waals surface area contributed by atoms with Crippen LogP contribution in [0.2, 0.25) is 0 Å². The molecule has 0 radical (unpaired) electrons. The SMILES string of the molecule is COC(=O)c1ccc(S(=O)(=O)NCC#CCOc2ccccc2OC)cc1. The largest absolute Gasteiger partial charge is 0.493 e. The molecule has 0 aliphatic heterocycles. The topological polar surface area (TPSA) is 90.9 Å². The molecule has 0 saturated carbocycles. The summed E-state index contributed by atoms with van der Waals surface area (Å²) in [6, 6.07) is 12.6. The van der Waals surface area contributed by atoms with E-state index in [1.165, 1.54) is 31.4 Å². The molecular formula is C19H19NO6S. The fourth-order valence-corrected chi connectivity index (χ4v) is 2.99. The van der Waals surface area contributed by atoms with Crippen LogP contribution in [0.3, 0.4) is 0 Å². The number of hydrogen-bond donors (Lipinski definition) is 1. The number of rotatable bonds is 7. The van der Waals surface area contributed by atoms with Crippen molar-refractivity contribution in [2.75, 3.05) is 27.4 Å². The van der Waals surface area contributed by atoms with Gasteiger partial charge in [-0.05, 0) is 36.4 Å². The van der Waals surface area contributed by atoms with Crippen LogP contribution in [0.4, 0.5) is 0 Å². The van der Waals surface area contributed by atoms with Crippen molar-refractivity contribution in [2.45, 2.75) is 4.90 Å². The highest BCUT2D eigenvalue weighted by Crippen LogP contribution is 2.25. The first-order valence-electron chi connectivity index (χ1n) is 7.87. The zero-order valence-electron chi connectivity index (χ0n) is 14.9. The van der Waals surface area contributed by atoms with Crippen molar-refractivity contribution in [1.29, 1.82) is 0 Å². The van der Waals surface area contributed by atoms with Crippen LogP contribution < -0.4 is 14.2 Å². The van der Waals surface area contributed by atoms with Gasteiger partial charge in [0, 0.05) is 0 Å². The Kier molecular flexibility index (Phi) is 7.23. The highest BCUT2D eigenvalue weighted by molar-refractivity contribution is 7.89. The number of esters is 1. The molecule has 2 rings (SSSR count). The smallest absolute Gasteiger partial charge is 0.337 e. The predicted molar refractivity (Wildman–Crippen MR) is 99.2 cm³/mol. The Morgan fingerprint density at radius 3 is 2.30 bits per heavy atom. The standard InChI is InChI=1S/C19H19NO6S/c1-24-17-7-3-4-8-18(17)26-14-6-5-13-20-27(22,23)16-11-9-15(10-12-16)19(21)25-2/h3-4,7-12,20H,13-14H2,1-2H3. The summed E-state index contributed by atoms with van der Waals surface area (Å²) in [5.74, 6) is 6.02. The van der Waals surface area contributed by atoms with E-state index in [1.54, 1.807) is 19.2 Å². The maximum atomic E-state index is 12.2. The molecule has 1 N–H and O–H groups in total. The number of ether oxygens (including phenoxy) is 3. The molecular weight excluding hydrogens is 370 g/mol. The first kappa shape index (κ1) is 20.3. The fourth-order valence-electron chi connectivity index (χ4n) is 2.07. The van der Waals surface area contributed by atoms with E-state index in [-0.39, 0.29) is 23.6 Å². The number of hydrogen-bond acceptors (Lipinski definition) is 6. The molecule has 0 atom stereocenters. The van der Waals surface area contributed by atoms with Gasteiger partial charge in [-0.1, -0.05) is 24.0 Å². The highest BCUT2D eigenvalue weighted by Gasteiger charge is 2.14. The number of nitrogens with one attached hydrogen (secondary N) is 1. The lowest BCUT2D eigenvalue weighted by Gasteiger charge is -2.07. The number of carbonyl (C=O) groups is 1. The molecule has 0 aromatic heterocycles. The molecule has 0 heterocycles. The summed E-state index contributed by atoms with van der Waals surface area (Å²) in [7, 11) is -0.928. The van der Waals surface area contributed by atoms with Gasteiger partial charge in [-0.25, -0.2) is 13.2 Å². The Morgan fingerprint density at radius 1 is 1.00 bits per heavy atom. The van der Waals surface area contributed by atoms with E-state index in [2.05, 4.69) is 21.3 Å². The first-order chi connectivity index (χ1) is 13.0. The van der Waals surface area contributed by atoms with E-state index in [0.717, 1.165) is 0 Å². The maximum absolute atomic E-state index is 12.2. The lowest BCUT2D eigenvalue weighted by molar-refractivity contribution is 0.0600. The van der Waals surface area contributed by atoms with Crippen molar-refractivity contribution in [1.82, 2.24) is 4.72 Å². The van der Waals surface area contributed by atoms with Gasteiger partial charge in [0.05, 0.1) is 31.2 Å². The predicted octanol–water partition coefficient (Wildman–Crippen LogP) is 1.84. The average molecular weight is 389 g/mol. The Labute approximate surface area is 158 Å². The summed E-state index contributed by atoms with van der Waals surface area (Å²) < 4.78 is 41.9.